The highest BCUT2D eigenvalue weighted by atomic mass is 15.2. The molecule has 1 nitrogen and oxygen atoms in total. The smallest absolute Gasteiger partial charge is 0.0209 e. The Hall–Kier alpha value is -0.0400. The molecule has 1 heteroatoms. The number of hydrogen-bond acceptors (Lipinski definition) is 1. The van der Waals surface area contributed by atoms with E-state index in [-0.39, 0.29) is 0 Å². The van der Waals surface area contributed by atoms with E-state index in [1.165, 1.54) is 70.9 Å². The van der Waals surface area contributed by atoms with E-state index in [0.717, 1.165) is 0 Å². The normalized spacial score (nSPS) is 21.2. The molecule has 1 aliphatic heterocycles. The Morgan fingerprint density at radius 3 is 2.19 bits per heavy atom. The van der Waals surface area contributed by atoms with Crippen molar-refractivity contribution in [2.24, 2.45) is 0 Å². The molecule has 16 heavy (non-hydrogen) atoms. The molecule has 1 heterocycles. The largest absolute Gasteiger partial charge is 0.298 e. The van der Waals surface area contributed by atoms with Gasteiger partial charge in [0.2, 0.25) is 0 Å². The van der Waals surface area contributed by atoms with Crippen LogP contribution in [0, 0.1) is 0 Å². The van der Waals surface area contributed by atoms with Gasteiger partial charge in [0, 0.05) is 5.54 Å². The number of hydrogen-bond donors (Lipinski definition) is 0. The van der Waals surface area contributed by atoms with Crippen molar-refractivity contribution in [3.8, 4) is 0 Å². The van der Waals surface area contributed by atoms with Crippen molar-refractivity contribution in [2.75, 3.05) is 13.1 Å². The molecule has 96 valence electrons. The van der Waals surface area contributed by atoms with E-state index in [0.29, 0.717) is 5.54 Å². The summed E-state index contributed by atoms with van der Waals surface area (Å²) >= 11 is 0. The van der Waals surface area contributed by atoms with E-state index in [9.17, 15) is 0 Å². The Labute approximate surface area is 103 Å². The molecular formula is C15H31N. The van der Waals surface area contributed by atoms with Gasteiger partial charge in [-0.15, -0.1) is 0 Å². The van der Waals surface area contributed by atoms with Crippen molar-refractivity contribution in [3.05, 3.63) is 0 Å². The number of likely N-dealkylation sites (tertiary alicyclic amines) is 1. The van der Waals surface area contributed by atoms with Crippen LogP contribution in [-0.2, 0) is 0 Å². The van der Waals surface area contributed by atoms with Crippen molar-refractivity contribution in [3.63, 3.8) is 0 Å². The van der Waals surface area contributed by atoms with Crippen molar-refractivity contribution in [1.82, 2.24) is 4.90 Å². The maximum Gasteiger partial charge on any atom is 0.0209 e. The van der Waals surface area contributed by atoms with E-state index in [1.807, 2.05) is 0 Å². The summed E-state index contributed by atoms with van der Waals surface area (Å²) in [5.74, 6) is 0. The molecule has 0 aliphatic carbocycles. The first-order valence-electron chi connectivity index (χ1n) is 7.54. The van der Waals surface area contributed by atoms with E-state index in [2.05, 4.69) is 25.7 Å². The Balaban J connectivity index is 2.64. The van der Waals surface area contributed by atoms with Crippen molar-refractivity contribution in [1.29, 1.82) is 0 Å². The van der Waals surface area contributed by atoms with Gasteiger partial charge in [0.1, 0.15) is 0 Å². The lowest BCUT2D eigenvalue weighted by Gasteiger charge is -2.48. The summed E-state index contributed by atoms with van der Waals surface area (Å²) in [6.07, 6.45) is 12.6. The predicted octanol–water partition coefficient (Wildman–Crippen LogP) is 4.61. The molecule has 0 saturated carbocycles. The number of piperidine rings is 1. The third-order valence-electron chi connectivity index (χ3n) is 4.20. The third kappa shape index (κ3) is 3.48. The summed E-state index contributed by atoms with van der Waals surface area (Å²) in [7, 11) is 0. The molecule has 0 aromatic carbocycles. The molecule has 0 unspecified atom stereocenters. The van der Waals surface area contributed by atoms with E-state index < -0.39 is 0 Å². The molecule has 0 aromatic rings. The van der Waals surface area contributed by atoms with Crippen LogP contribution in [0.5, 0.6) is 0 Å². The summed E-state index contributed by atoms with van der Waals surface area (Å²) in [6, 6.07) is 0. The predicted molar refractivity (Wildman–Crippen MR) is 72.9 cm³/mol. The second-order valence-corrected chi connectivity index (χ2v) is 5.52. The van der Waals surface area contributed by atoms with Gasteiger partial charge < -0.3 is 0 Å². The highest BCUT2D eigenvalue weighted by Crippen LogP contribution is 2.36. The Morgan fingerprint density at radius 2 is 1.62 bits per heavy atom. The van der Waals surface area contributed by atoms with Crippen LogP contribution in [0.15, 0.2) is 0 Å². The second kappa shape index (κ2) is 7.32. The summed E-state index contributed by atoms with van der Waals surface area (Å²) in [4.78, 5) is 2.84. The molecule has 1 fully saturated rings. The van der Waals surface area contributed by atoms with Gasteiger partial charge in [0.25, 0.3) is 0 Å². The number of nitrogens with zero attached hydrogens (tertiary/aromatic N) is 1. The zero-order valence-corrected chi connectivity index (χ0v) is 11.7. The first-order chi connectivity index (χ1) is 7.79. The summed E-state index contributed by atoms with van der Waals surface area (Å²) < 4.78 is 0. The van der Waals surface area contributed by atoms with Gasteiger partial charge in [-0.25, -0.2) is 0 Å². The molecule has 0 aromatic heterocycles. The summed E-state index contributed by atoms with van der Waals surface area (Å²) in [5.41, 5.74) is 0.580. The maximum absolute atomic E-state index is 2.84. The van der Waals surface area contributed by atoms with Crippen LogP contribution in [0.4, 0.5) is 0 Å². The van der Waals surface area contributed by atoms with Crippen LogP contribution in [0.3, 0.4) is 0 Å². The summed E-state index contributed by atoms with van der Waals surface area (Å²) in [6.45, 7) is 9.72. The molecule has 1 aliphatic rings. The van der Waals surface area contributed by atoms with E-state index in [4.69, 9.17) is 0 Å². The fraction of sp³-hybridized carbons (Fsp3) is 1.00. The van der Waals surface area contributed by atoms with Gasteiger partial charge >= 0.3 is 0 Å². The first kappa shape index (κ1) is 14.0. The van der Waals surface area contributed by atoms with Gasteiger partial charge in [-0.2, -0.15) is 0 Å². The Bertz CT molecular complexity index is 165. The molecule has 0 atom stereocenters. The average Bonchev–Trinajstić information content (AvgIpc) is 2.29. The standard InChI is InChI=1S/C15H31N/c1-4-7-13-16-14-9-8-12-15(16,10-5-2)11-6-3/h4-14H2,1-3H3. The average molecular weight is 225 g/mol. The van der Waals surface area contributed by atoms with Gasteiger partial charge in [-0.05, 0) is 45.2 Å². The SMILES string of the molecule is CCCCN1CCCCC1(CCC)CCC. The van der Waals surface area contributed by atoms with Crippen LogP contribution in [-0.4, -0.2) is 23.5 Å². The fourth-order valence-electron chi connectivity index (χ4n) is 3.47. The van der Waals surface area contributed by atoms with Crippen LogP contribution in [0.25, 0.3) is 0 Å². The molecule has 1 rings (SSSR count). The fourth-order valence-corrected chi connectivity index (χ4v) is 3.47. The van der Waals surface area contributed by atoms with Gasteiger partial charge in [-0.1, -0.05) is 46.5 Å². The minimum Gasteiger partial charge on any atom is -0.298 e. The van der Waals surface area contributed by atoms with Gasteiger partial charge in [0.05, 0.1) is 0 Å². The Kier molecular flexibility index (Phi) is 6.41. The maximum atomic E-state index is 2.84. The van der Waals surface area contributed by atoms with Crippen molar-refractivity contribution >= 4 is 0 Å². The van der Waals surface area contributed by atoms with E-state index in [1.54, 1.807) is 0 Å². The van der Waals surface area contributed by atoms with Crippen LogP contribution in [0.2, 0.25) is 0 Å². The highest BCUT2D eigenvalue weighted by molar-refractivity contribution is 4.92. The highest BCUT2D eigenvalue weighted by Gasteiger charge is 2.36. The van der Waals surface area contributed by atoms with E-state index >= 15 is 0 Å². The molecule has 0 spiro atoms. The molecular weight excluding hydrogens is 194 g/mol. The topological polar surface area (TPSA) is 3.24 Å². The number of rotatable bonds is 7. The Morgan fingerprint density at radius 1 is 0.938 bits per heavy atom. The molecule has 0 bridgehead atoms. The van der Waals surface area contributed by atoms with Crippen molar-refractivity contribution in [2.45, 2.75) is 84.1 Å². The van der Waals surface area contributed by atoms with Crippen LogP contribution < -0.4 is 0 Å². The lowest BCUT2D eigenvalue weighted by molar-refractivity contribution is 0.0286. The number of unbranched alkanes of at least 4 members (excludes halogenated alkanes) is 1. The van der Waals surface area contributed by atoms with Crippen LogP contribution >= 0.6 is 0 Å². The third-order valence-corrected chi connectivity index (χ3v) is 4.20. The quantitative estimate of drug-likeness (QED) is 0.611. The van der Waals surface area contributed by atoms with Gasteiger partial charge in [-0.3, -0.25) is 4.90 Å². The minimum absolute atomic E-state index is 0.580. The summed E-state index contributed by atoms with van der Waals surface area (Å²) in [5, 5.41) is 0. The van der Waals surface area contributed by atoms with Crippen LogP contribution in [0.1, 0.15) is 78.6 Å². The molecule has 0 radical (unpaired) electrons. The molecule has 1 saturated heterocycles. The monoisotopic (exact) mass is 225 g/mol. The molecule has 0 N–H and O–H groups in total. The lowest BCUT2D eigenvalue weighted by atomic mass is 9.79. The van der Waals surface area contributed by atoms with Crippen molar-refractivity contribution < 1.29 is 0 Å². The second-order valence-electron chi connectivity index (χ2n) is 5.52. The van der Waals surface area contributed by atoms with Gasteiger partial charge in [0.15, 0.2) is 0 Å². The minimum atomic E-state index is 0.580. The first-order valence-corrected chi connectivity index (χ1v) is 7.54. The zero-order chi connectivity index (χ0) is 11.9. The molecule has 0 amide bonds. The lowest BCUT2D eigenvalue weighted by Crippen LogP contribution is -2.52. The zero-order valence-electron chi connectivity index (χ0n) is 11.7.